The van der Waals surface area contributed by atoms with Crippen LogP contribution in [-0.2, 0) is 0 Å². The summed E-state index contributed by atoms with van der Waals surface area (Å²) in [5.41, 5.74) is 1.34. The van der Waals surface area contributed by atoms with Gasteiger partial charge in [-0.1, -0.05) is 30.3 Å². The zero-order chi connectivity index (χ0) is 15.4. The number of ether oxygens (including phenoxy) is 2. The molecule has 116 valence electrons. The number of hydrogen-bond acceptors (Lipinski definition) is 5. The van der Waals surface area contributed by atoms with Gasteiger partial charge in [0.1, 0.15) is 6.10 Å². The van der Waals surface area contributed by atoms with E-state index in [1.165, 1.54) is 5.56 Å². The molecule has 0 amide bonds. The van der Waals surface area contributed by atoms with Crippen LogP contribution in [0.1, 0.15) is 24.9 Å². The highest BCUT2D eigenvalue weighted by Gasteiger charge is 2.28. The third kappa shape index (κ3) is 3.36. The first-order valence-electron chi connectivity index (χ1n) is 7.58. The summed E-state index contributed by atoms with van der Waals surface area (Å²) in [6.07, 6.45) is 4.38. The number of methoxy groups -OCH3 is 1. The molecule has 1 saturated heterocycles. The van der Waals surface area contributed by atoms with Crippen LogP contribution >= 0.6 is 0 Å². The van der Waals surface area contributed by atoms with Crippen molar-refractivity contribution in [2.24, 2.45) is 0 Å². The highest BCUT2D eigenvalue weighted by Crippen LogP contribution is 2.26. The maximum atomic E-state index is 5.87. The number of nitrogens with zero attached hydrogens (tertiary/aromatic N) is 3. The average molecular weight is 299 g/mol. The van der Waals surface area contributed by atoms with Gasteiger partial charge in [-0.2, -0.15) is 9.97 Å². The van der Waals surface area contributed by atoms with Gasteiger partial charge in [0.05, 0.1) is 19.5 Å². The van der Waals surface area contributed by atoms with E-state index in [0.29, 0.717) is 17.8 Å². The quantitative estimate of drug-likeness (QED) is 0.849. The standard InChI is InChI=1S/C17H21N3O2/c1-13(14-6-4-3-5-7-14)20-9-8-15(12-20)22-17-18-10-16(21-2)11-19-17/h3-7,10-11,13,15H,8-9,12H2,1-2H3. The van der Waals surface area contributed by atoms with Gasteiger partial charge in [-0.3, -0.25) is 4.90 Å². The fourth-order valence-electron chi connectivity index (χ4n) is 2.76. The summed E-state index contributed by atoms with van der Waals surface area (Å²) >= 11 is 0. The normalized spacial score (nSPS) is 19.8. The predicted octanol–water partition coefficient (Wildman–Crippen LogP) is 2.70. The lowest BCUT2D eigenvalue weighted by molar-refractivity contribution is 0.171. The Bertz CT molecular complexity index is 589. The Morgan fingerprint density at radius 2 is 1.91 bits per heavy atom. The highest BCUT2D eigenvalue weighted by molar-refractivity contribution is 5.19. The van der Waals surface area contributed by atoms with Crippen LogP contribution in [0.3, 0.4) is 0 Å². The van der Waals surface area contributed by atoms with Crippen molar-refractivity contribution in [2.45, 2.75) is 25.5 Å². The van der Waals surface area contributed by atoms with E-state index >= 15 is 0 Å². The van der Waals surface area contributed by atoms with Crippen molar-refractivity contribution in [3.8, 4) is 11.8 Å². The minimum atomic E-state index is 0.138. The summed E-state index contributed by atoms with van der Waals surface area (Å²) in [4.78, 5) is 10.8. The Labute approximate surface area is 130 Å². The fraction of sp³-hybridized carbons (Fsp3) is 0.412. The van der Waals surface area contributed by atoms with Crippen LogP contribution in [0.5, 0.6) is 11.8 Å². The Kier molecular flexibility index (Phi) is 4.53. The molecular weight excluding hydrogens is 278 g/mol. The molecule has 2 aromatic rings. The lowest BCUT2D eigenvalue weighted by atomic mass is 10.1. The molecular formula is C17H21N3O2. The molecule has 0 aliphatic carbocycles. The van der Waals surface area contributed by atoms with Crippen LogP contribution in [-0.4, -0.2) is 41.2 Å². The van der Waals surface area contributed by atoms with Gasteiger partial charge in [0, 0.05) is 19.1 Å². The van der Waals surface area contributed by atoms with E-state index in [1.807, 2.05) is 6.07 Å². The highest BCUT2D eigenvalue weighted by atomic mass is 16.5. The van der Waals surface area contributed by atoms with Gasteiger partial charge >= 0.3 is 6.01 Å². The molecule has 1 fully saturated rings. The Morgan fingerprint density at radius 1 is 1.18 bits per heavy atom. The second kappa shape index (κ2) is 6.75. The third-order valence-electron chi connectivity index (χ3n) is 4.12. The maximum absolute atomic E-state index is 5.87. The summed E-state index contributed by atoms with van der Waals surface area (Å²) in [6, 6.07) is 11.4. The van der Waals surface area contributed by atoms with E-state index in [-0.39, 0.29) is 6.10 Å². The summed E-state index contributed by atoms with van der Waals surface area (Å²) in [6.45, 7) is 4.16. The van der Waals surface area contributed by atoms with E-state index in [1.54, 1.807) is 19.5 Å². The third-order valence-corrected chi connectivity index (χ3v) is 4.12. The zero-order valence-electron chi connectivity index (χ0n) is 13.0. The number of hydrogen-bond donors (Lipinski definition) is 0. The van der Waals surface area contributed by atoms with E-state index in [4.69, 9.17) is 9.47 Å². The van der Waals surface area contributed by atoms with Crippen LogP contribution < -0.4 is 9.47 Å². The second-order valence-electron chi connectivity index (χ2n) is 5.52. The van der Waals surface area contributed by atoms with Crippen LogP contribution in [0.15, 0.2) is 42.7 Å². The van der Waals surface area contributed by atoms with Crippen molar-refractivity contribution in [1.82, 2.24) is 14.9 Å². The molecule has 1 aliphatic rings. The monoisotopic (exact) mass is 299 g/mol. The smallest absolute Gasteiger partial charge is 0.316 e. The topological polar surface area (TPSA) is 47.5 Å². The molecule has 0 N–H and O–H groups in total. The average Bonchev–Trinajstić information content (AvgIpc) is 3.04. The summed E-state index contributed by atoms with van der Waals surface area (Å²) in [5, 5.41) is 0. The van der Waals surface area contributed by atoms with Crippen molar-refractivity contribution in [3.63, 3.8) is 0 Å². The van der Waals surface area contributed by atoms with Crippen LogP contribution in [0.25, 0.3) is 0 Å². The van der Waals surface area contributed by atoms with Crippen LogP contribution in [0.2, 0.25) is 0 Å². The Balaban J connectivity index is 1.57. The van der Waals surface area contributed by atoms with Crippen LogP contribution in [0, 0.1) is 0 Å². The lowest BCUT2D eigenvalue weighted by Crippen LogP contribution is -2.27. The molecule has 3 rings (SSSR count). The van der Waals surface area contributed by atoms with Gasteiger partial charge in [0.25, 0.3) is 0 Å². The van der Waals surface area contributed by atoms with Gasteiger partial charge in [0.15, 0.2) is 5.75 Å². The number of aromatic nitrogens is 2. The molecule has 5 heteroatoms. The molecule has 0 bridgehead atoms. The predicted molar refractivity (Wildman–Crippen MR) is 84.0 cm³/mol. The van der Waals surface area contributed by atoms with Gasteiger partial charge in [-0.15, -0.1) is 0 Å². The van der Waals surface area contributed by atoms with Crippen molar-refractivity contribution < 1.29 is 9.47 Å². The molecule has 1 aromatic heterocycles. The second-order valence-corrected chi connectivity index (χ2v) is 5.52. The number of benzene rings is 1. The minimum Gasteiger partial charge on any atom is -0.494 e. The summed E-state index contributed by atoms with van der Waals surface area (Å²) in [5.74, 6) is 0.637. The van der Waals surface area contributed by atoms with Gasteiger partial charge in [-0.05, 0) is 18.9 Å². The number of likely N-dealkylation sites (tertiary alicyclic amines) is 1. The number of rotatable bonds is 5. The van der Waals surface area contributed by atoms with E-state index in [9.17, 15) is 0 Å². The van der Waals surface area contributed by atoms with Gasteiger partial charge < -0.3 is 9.47 Å². The first-order valence-corrected chi connectivity index (χ1v) is 7.58. The van der Waals surface area contributed by atoms with Gasteiger partial charge in [-0.25, -0.2) is 0 Å². The summed E-state index contributed by atoms with van der Waals surface area (Å²) < 4.78 is 10.9. The fourth-order valence-corrected chi connectivity index (χ4v) is 2.76. The van der Waals surface area contributed by atoms with Crippen molar-refractivity contribution in [3.05, 3.63) is 48.3 Å². The van der Waals surface area contributed by atoms with Crippen molar-refractivity contribution in [1.29, 1.82) is 0 Å². The molecule has 2 heterocycles. The van der Waals surface area contributed by atoms with Crippen molar-refractivity contribution in [2.75, 3.05) is 20.2 Å². The minimum absolute atomic E-state index is 0.138. The first-order chi connectivity index (χ1) is 10.8. The SMILES string of the molecule is COc1cnc(OC2CCN(C(C)c3ccccc3)C2)nc1. The molecule has 2 atom stereocenters. The molecule has 1 aromatic carbocycles. The summed E-state index contributed by atoms with van der Waals surface area (Å²) in [7, 11) is 1.60. The molecule has 0 radical (unpaired) electrons. The molecule has 5 nitrogen and oxygen atoms in total. The van der Waals surface area contributed by atoms with E-state index < -0.39 is 0 Å². The van der Waals surface area contributed by atoms with Gasteiger partial charge in [0.2, 0.25) is 0 Å². The lowest BCUT2D eigenvalue weighted by Gasteiger charge is -2.24. The first kappa shape index (κ1) is 14.8. The Morgan fingerprint density at radius 3 is 2.59 bits per heavy atom. The Hall–Kier alpha value is -2.14. The molecule has 0 spiro atoms. The molecule has 2 unspecified atom stereocenters. The molecule has 0 saturated carbocycles. The largest absolute Gasteiger partial charge is 0.494 e. The van der Waals surface area contributed by atoms with Crippen LogP contribution in [0.4, 0.5) is 0 Å². The molecule has 22 heavy (non-hydrogen) atoms. The van der Waals surface area contributed by atoms with Crippen molar-refractivity contribution >= 4 is 0 Å². The van der Waals surface area contributed by atoms with E-state index in [2.05, 4.69) is 46.1 Å². The molecule has 1 aliphatic heterocycles. The zero-order valence-corrected chi connectivity index (χ0v) is 13.0. The maximum Gasteiger partial charge on any atom is 0.316 e. The van der Waals surface area contributed by atoms with E-state index in [0.717, 1.165) is 19.5 Å².